The summed E-state index contributed by atoms with van der Waals surface area (Å²) in [5.41, 5.74) is 1.76. The Morgan fingerprint density at radius 3 is 2.61 bits per heavy atom. The molecule has 0 aromatic heterocycles. The minimum atomic E-state index is -1.17. The van der Waals surface area contributed by atoms with Crippen molar-refractivity contribution in [3.63, 3.8) is 0 Å². The largest absolute Gasteiger partial charge is 0.388 e. The van der Waals surface area contributed by atoms with Crippen LogP contribution in [0.2, 0.25) is 0 Å². The monoisotopic (exact) mass is 286 g/mol. The van der Waals surface area contributed by atoms with Crippen LogP contribution in [0.1, 0.15) is 5.56 Å². The van der Waals surface area contributed by atoms with E-state index in [1.54, 1.807) is 7.05 Å². The molecule has 1 aliphatic heterocycles. The molecule has 0 bridgehead atoms. The topological polar surface area (TPSA) is 52.6 Å². The lowest BCUT2D eigenvalue weighted by atomic mass is 10.1. The maximum absolute atomic E-state index is 11.8. The van der Waals surface area contributed by atoms with Crippen LogP contribution in [0.25, 0.3) is 0 Å². The number of hydrogen-bond donors (Lipinski definition) is 2. The van der Waals surface area contributed by atoms with E-state index in [4.69, 9.17) is 23.2 Å². The third-order valence-electron chi connectivity index (χ3n) is 2.81. The fourth-order valence-electron chi connectivity index (χ4n) is 1.83. The van der Waals surface area contributed by atoms with Crippen LogP contribution >= 0.6 is 23.2 Å². The second kappa shape index (κ2) is 5.18. The van der Waals surface area contributed by atoms with Crippen LogP contribution in [0, 0.1) is 0 Å². The van der Waals surface area contributed by atoms with Crippen molar-refractivity contribution in [2.24, 2.45) is 0 Å². The molecule has 1 unspecified atom stereocenters. The number of carbonyl (C=O) groups is 1. The smallest absolute Gasteiger partial charge is 0.269 e. The molecule has 18 heavy (non-hydrogen) atoms. The number of aliphatic hydroxyl groups excluding tert-OH is 1. The quantitative estimate of drug-likeness (QED) is 0.895. The lowest BCUT2D eigenvalue weighted by molar-refractivity contribution is -0.132. The average Bonchev–Trinajstić information content (AvgIpc) is 2.57. The minimum absolute atomic E-state index is 0.0244. The number of nitrogens with one attached hydrogen (secondary N) is 1. The molecule has 2 N–H and O–H groups in total. The summed E-state index contributed by atoms with van der Waals surface area (Å²) in [5, 5.41) is 12.7. The highest BCUT2D eigenvalue weighted by atomic mass is 35.5. The fraction of sp³-hybridized carbons (Fsp3) is 0.250. The molecule has 2 rings (SSSR count). The second-order valence-electron chi connectivity index (χ2n) is 3.88. The van der Waals surface area contributed by atoms with Gasteiger partial charge in [-0.05, 0) is 11.6 Å². The van der Waals surface area contributed by atoms with E-state index >= 15 is 0 Å². The number of carbonyl (C=O) groups excluding carboxylic acids is 1. The van der Waals surface area contributed by atoms with E-state index in [0.29, 0.717) is 0 Å². The maximum Gasteiger partial charge on any atom is 0.269 e. The van der Waals surface area contributed by atoms with Crippen molar-refractivity contribution >= 4 is 34.8 Å². The second-order valence-corrected chi connectivity index (χ2v) is 4.66. The van der Waals surface area contributed by atoms with Gasteiger partial charge < -0.3 is 15.3 Å². The molecular formula is C12H12Cl2N2O2. The maximum atomic E-state index is 11.8. The molecule has 0 fully saturated rings. The van der Waals surface area contributed by atoms with E-state index in [1.807, 2.05) is 24.3 Å². The van der Waals surface area contributed by atoms with Gasteiger partial charge in [-0.25, -0.2) is 0 Å². The Hall–Kier alpha value is -1.23. The molecule has 0 saturated carbocycles. The number of hydrogen-bond acceptors (Lipinski definition) is 3. The fourth-order valence-corrected chi connectivity index (χ4v) is 2.24. The van der Waals surface area contributed by atoms with Crippen LogP contribution in [0.4, 0.5) is 5.69 Å². The summed E-state index contributed by atoms with van der Waals surface area (Å²) in [6.07, 6.45) is -1.17. The summed E-state index contributed by atoms with van der Waals surface area (Å²) in [6.45, 7) is 0.240. The van der Waals surface area contributed by atoms with Gasteiger partial charge in [0.05, 0.1) is 11.6 Å². The highest BCUT2D eigenvalue weighted by Crippen LogP contribution is 2.32. The summed E-state index contributed by atoms with van der Waals surface area (Å²) in [6, 6.07) is 7.50. The van der Waals surface area contributed by atoms with Gasteiger partial charge in [-0.2, -0.15) is 0 Å². The number of halogens is 2. The van der Waals surface area contributed by atoms with Crippen molar-refractivity contribution < 1.29 is 9.90 Å². The predicted octanol–water partition coefficient (Wildman–Crippen LogP) is 2.08. The van der Waals surface area contributed by atoms with Crippen molar-refractivity contribution in [1.29, 1.82) is 0 Å². The Bertz CT molecular complexity index is 517. The SMILES string of the molecule is CNc1ccccc1CN1C(=O)C(Cl)=C(Cl)C1O. The molecule has 0 radical (unpaired) electrons. The highest BCUT2D eigenvalue weighted by molar-refractivity contribution is 6.49. The zero-order valence-corrected chi connectivity index (χ0v) is 11.2. The predicted molar refractivity (Wildman–Crippen MR) is 71.3 cm³/mol. The van der Waals surface area contributed by atoms with E-state index < -0.39 is 12.1 Å². The zero-order chi connectivity index (χ0) is 13.3. The van der Waals surface area contributed by atoms with E-state index in [2.05, 4.69) is 5.32 Å². The van der Waals surface area contributed by atoms with Gasteiger partial charge in [0.25, 0.3) is 5.91 Å². The van der Waals surface area contributed by atoms with Gasteiger partial charge >= 0.3 is 0 Å². The highest BCUT2D eigenvalue weighted by Gasteiger charge is 2.36. The molecule has 4 nitrogen and oxygen atoms in total. The molecular weight excluding hydrogens is 275 g/mol. The van der Waals surface area contributed by atoms with Gasteiger partial charge in [0, 0.05) is 12.7 Å². The van der Waals surface area contributed by atoms with Crippen molar-refractivity contribution in [3.05, 3.63) is 39.9 Å². The van der Waals surface area contributed by atoms with Crippen LogP contribution in [0.5, 0.6) is 0 Å². The summed E-state index contributed by atoms with van der Waals surface area (Å²) in [4.78, 5) is 13.0. The Balaban J connectivity index is 2.24. The molecule has 0 spiro atoms. The van der Waals surface area contributed by atoms with Crippen molar-refractivity contribution in [2.45, 2.75) is 12.8 Å². The first-order chi connectivity index (χ1) is 8.56. The number of amides is 1. The van der Waals surface area contributed by atoms with Gasteiger partial charge in [0.15, 0.2) is 6.23 Å². The van der Waals surface area contributed by atoms with Crippen LogP contribution in [-0.2, 0) is 11.3 Å². The van der Waals surface area contributed by atoms with Crippen LogP contribution in [0.15, 0.2) is 34.3 Å². The third kappa shape index (κ3) is 2.19. The first kappa shape index (κ1) is 13.2. The zero-order valence-electron chi connectivity index (χ0n) is 9.65. The van der Waals surface area contributed by atoms with Gasteiger partial charge in [0.2, 0.25) is 0 Å². The lowest BCUT2D eigenvalue weighted by Crippen LogP contribution is -2.34. The van der Waals surface area contributed by atoms with E-state index in [0.717, 1.165) is 11.3 Å². The summed E-state index contributed by atoms with van der Waals surface area (Å²) in [5.74, 6) is -0.458. The summed E-state index contributed by atoms with van der Waals surface area (Å²) in [7, 11) is 1.79. The Morgan fingerprint density at radius 2 is 2.06 bits per heavy atom. The minimum Gasteiger partial charge on any atom is -0.388 e. The number of anilines is 1. The molecule has 1 amide bonds. The first-order valence-corrected chi connectivity index (χ1v) is 6.11. The number of nitrogens with zero attached hydrogens (tertiary/aromatic N) is 1. The molecule has 1 heterocycles. The van der Waals surface area contributed by atoms with Gasteiger partial charge in [-0.1, -0.05) is 41.4 Å². The van der Waals surface area contributed by atoms with E-state index in [-0.39, 0.29) is 16.6 Å². The molecule has 0 saturated heterocycles. The first-order valence-electron chi connectivity index (χ1n) is 5.36. The molecule has 1 aliphatic rings. The van der Waals surface area contributed by atoms with Gasteiger partial charge in [-0.15, -0.1) is 0 Å². The van der Waals surface area contributed by atoms with Crippen LogP contribution < -0.4 is 5.32 Å². The normalized spacial score (nSPS) is 19.7. The van der Waals surface area contributed by atoms with Crippen molar-refractivity contribution in [2.75, 3.05) is 12.4 Å². The molecule has 6 heteroatoms. The number of para-hydroxylation sites is 1. The average molecular weight is 287 g/mol. The Kier molecular flexibility index (Phi) is 3.80. The van der Waals surface area contributed by atoms with Crippen molar-refractivity contribution in [1.82, 2.24) is 4.90 Å². The number of rotatable bonds is 3. The van der Waals surface area contributed by atoms with Gasteiger partial charge in [-0.3, -0.25) is 4.79 Å². The number of aliphatic hydroxyl groups is 1. The molecule has 0 aliphatic carbocycles. The summed E-state index contributed by atoms with van der Waals surface area (Å²) < 4.78 is 0. The molecule has 1 atom stereocenters. The Labute approximate surface area is 115 Å². The molecule has 1 aromatic rings. The number of benzene rings is 1. The van der Waals surface area contributed by atoms with Crippen molar-refractivity contribution in [3.8, 4) is 0 Å². The molecule has 1 aromatic carbocycles. The van der Waals surface area contributed by atoms with E-state index in [1.165, 1.54) is 4.90 Å². The Morgan fingerprint density at radius 1 is 1.39 bits per heavy atom. The molecule has 96 valence electrons. The third-order valence-corrected chi connectivity index (χ3v) is 3.65. The van der Waals surface area contributed by atoms with E-state index in [9.17, 15) is 9.90 Å². The summed E-state index contributed by atoms with van der Waals surface area (Å²) >= 11 is 11.5. The standard InChI is InChI=1S/C12H12Cl2N2O2/c1-15-8-5-3-2-4-7(8)6-16-11(17)9(13)10(14)12(16)18/h2-5,11,15,17H,6H2,1H3. The van der Waals surface area contributed by atoms with Crippen LogP contribution in [-0.4, -0.2) is 29.2 Å². The van der Waals surface area contributed by atoms with Crippen LogP contribution in [0.3, 0.4) is 0 Å². The van der Waals surface area contributed by atoms with Gasteiger partial charge in [0.1, 0.15) is 5.03 Å². The lowest BCUT2D eigenvalue weighted by Gasteiger charge is -2.22.